The molecule has 3 N–H and O–H groups in total. The Morgan fingerprint density at radius 3 is 2.34 bits per heavy atom. The number of pyridine rings is 1. The van der Waals surface area contributed by atoms with Gasteiger partial charge in [0.05, 0.1) is 27.0 Å². The Hall–Kier alpha value is -4.24. The first-order valence-electron chi connectivity index (χ1n) is 12.5. The zero-order valence-corrected chi connectivity index (χ0v) is 21.5. The van der Waals surface area contributed by atoms with Gasteiger partial charge in [-0.3, -0.25) is 19.4 Å². The number of likely N-dealkylation sites (tertiary alicyclic amines) is 1. The minimum absolute atomic E-state index is 0.0910. The smallest absolute Gasteiger partial charge is 0.322 e. The van der Waals surface area contributed by atoms with Crippen molar-refractivity contribution >= 4 is 45.0 Å². The second-order valence-corrected chi connectivity index (χ2v) is 10.1. The lowest BCUT2D eigenvalue weighted by Gasteiger charge is -2.32. The predicted molar refractivity (Wildman–Crippen MR) is 148 cm³/mol. The molecule has 8 nitrogen and oxygen atoms in total. The zero-order chi connectivity index (χ0) is 26.5. The topological polar surface area (TPSA) is 112 Å². The Morgan fingerprint density at radius 2 is 1.66 bits per heavy atom. The monoisotopic (exact) mass is 528 g/mol. The molecule has 194 valence electrons. The number of carbonyl (C=O) groups is 3. The molecule has 2 aromatic heterocycles. The summed E-state index contributed by atoms with van der Waals surface area (Å²) in [6.45, 7) is 1.32. The van der Waals surface area contributed by atoms with Gasteiger partial charge in [-0.25, -0.2) is 0 Å². The van der Waals surface area contributed by atoms with Crippen LogP contribution in [0, 0.1) is 0 Å². The summed E-state index contributed by atoms with van der Waals surface area (Å²) in [5.74, 6) is -1.30. The molecule has 4 aromatic rings. The van der Waals surface area contributed by atoms with Gasteiger partial charge in [0.25, 0.3) is 11.8 Å². The maximum Gasteiger partial charge on any atom is 0.322 e. The molecule has 38 heavy (non-hydrogen) atoms. The number of hydrogen-bond acceptors (Lipinski definition) is 6. The van der Waals surface area contributed by atoms with Crippen molar-refractivity contribution in [2.75, 3.05) is 25.0 Å². The van der Waals surface area contributed by atoms with Crippen molar-refractivity contribution in [3.05, 3.63) is 94.5 Å². The van der Waals surface area contributed by atoms with Crippen molar-refractivity contribution in [3.63, 3.8) is 0 Å². The van der Waals surface area contributed by atoms with E-state index in [-0.39, 0.29) is 11.5 Å². The number of fused-ring (bicyclic) bond motifs is 1. The van der Waals surface area contributed by atoms with Crippen LogP contribution in [-0.4, -0.2) is 52.4 Å². The van der Waals surface area contributed by atoms with Crippen LogP contribution in [0.25, 0.3) is 10.2 Å². The molecule has 0 radical (unpaired) electrons. The maximum absolute atomic E-state index is 13.7. The minimum Gasteiger partial charge on any atom is -0.480 e. The van der Waals surface area contributed by atoms with Crippen LogP contribution in [0.2, 0.25) is 0 Å². The fraction of sp³-hybridized carbons (Fsp3) is 0.241. The average Bonchev–Trinajstić information content (AvgIpc) is 3.40. The van der Waals surface area contributed by atoms with E-state index in [1.54, 1.807) is 5.38 Å². The second-order valence-electron chi connectivity index (χ2n) is 9.27. The first-order chi connectivity index (χ1) is 18.5. The van der Waals surface area contributed by atoms with Gasteiger partial charge in [0.2, 0.25) is 0 Å². The van der Waals surface area contributed by atoms with E-state index in [9.17, 15) is 14.4 Å². The number of thiophene rings is 1. The number of piperidine rings is 1. The number of nitrogens with zero attached hydrogens (tertiary/aromatic N) is 2. The van der Waals surface area contributed by atoms with E-state index in [0.29, 0.717) is 47.0 Å². The Morgan fingerprint density at radius 1 is 0.974 bits per heavy atom. The summed E-state index contributed by atoms with van der Waals surface area (Å²) in [6.07, 6.45) is 3.32. The standard InChI is InChI=1S/C29H28N4O4S/c34-24(35)17-32-28(36)23-18-38-27-25(30-15-19-7-3-1-4-8-19)22(16-31-26(23)27)29(37)33-13-11-21(12-14-33)20-9-5-2-6-10-20/h1-10,16,18,21H,11-15,17H2,(H,30,31)(H,32,36)(H,34,35). The number of carboxylic acids is 1. The molecule has 1 aliphatic rings. The molecule has 0 bridgehead atoms. The Kier molecular flexibility index (Phi) is 7.65. The van der Waals surface area contributed by atoms with Crippen LogP contribution in [0.1, 0.15) is 50.6 Å². The quantitative estimate of drug-likeness (QED) is 0.305. The Labute approximate surface area is 224 Å². The molecule has 1 fully saturated rings. The van der Waals surface area contributed by atoms with Gasteiger partial charge < -0.3 is 20.6 Å². The number of aliphatic carboxylic acids is 1. The molecular formula is C29H28N4O4S. The van der Waals surface area contributed by atoms with Gasteiger partial charge in [-0.05, 0) is 29.9 Å². The summed E-state index contributed by atoms with van der Waals surface area (Å²) < 4.78 is 0.687. The summed E-state index contributed by atoms with van der Waals surface area (Å²) in [6, 6.07) is 20.3. The van der Waals surface area contributed by atoms with Crippen molar-refractivity contribution in [1.82, 2.24) is 15.2 Å². The van der Waals surface area contributed by atoms with Crippen LogP contribution >= 0.6 is 11.3 Å². The van der Waals surface area contributed by atoms with E-state index < -0.39 is 18.4 Å². The number of hydrogen-bond donors (Lipinski definition) is 3. The largest absolute Gasteiger partial charge is 0.480 e. The maximum atomic E-state index is 13.7. The van der Waals surface area contributed by atoms with E-state index in [2.05, 4.69) is 39.9 Å². The van der Waals surface area contributed by atoms with Gasteiger partial charge in [0, 0.05) is 31.2 Å². The van der Waals surface area contributed by atoms with Crippen molar-refractivity contribution < 1.29 is 19.5 Å². The van der Waals surface area contributed by atoms with E-state index in [1.807, 2.05) is 41.3 Å². The average molecular weight is 529 g/mol. The van der Waals surface area contributed by atoms with E-state index in [4.69, 9.17) is 5.11 Å². The van der Waals surface area contributed by atoms with Gasteiger partial charge in [-0.2, -0.15) is 0 Å². The first kappa shape index (κ1) is 25.4. The normalized spacial score (nSPS) is 13.8. The number of benzene rings is 2. The van der Waals surface area contributed by atoms with Gasteiger partial charge in [0.1, 0.15) is 6.54 Å². The molecule has 0 aliphatic carbocycles. The van der Waals surface area contributed by atoms with E-state index in [0.717, 1.165) is 18.4 Å². The summed E-state index contributed by atoms with van der Waals surface area (Å²) >= 11 is 1.31. The number of carbonyl (C=O) groups excluding carboxylic acids is 2. The molecule has 2 aromatic carbocycles. The third-order valence-corrected chi connectivity index (χ3v) is 7.81. The van der Waals surface area contributed by atoms with Gasteiger partial charge >= 0.3 is 5.97 Å². The molecule has 0 spiro atoms. The third-order valence-electron chi connectivity index (χ3n) is 6.82. The van der Waals surface area contributed by atoms with Crippen LogP contribution < -0.4 is 10.6 Å². The predicted octanol–water partition coefficient (Wildman–Crippen LogP) is 4.74. The van der Waals surface area contributed by atoms with Crippen molar-refractivity contribution in [3.8, 4) is 0 Å². The van der Waals surface area contributed by atoms with E-state index in [1.165, 1.54) is 23.1 Å². The Bertz CT molecular complexity index is 1450. The van der Waals surface area contributed by atoms with Gasteiger partial charge in [-0.15, -0.1) is 11.3 Å². The van der Waals surface area contributed by atoms with Crippen LogP contribution in [0.3, 0.4) is 0 Å². The van der Waals surface area contributed by atoms with Gasteiger partial charge in [-0.1, -0.05) is 60.7 Å². The van der Waals surface area contributed by atoms with E-state index >= 15 is 0 Å². The highest BCUT2D eigenvalue weighted by Crippen LogP contribution is 2.35. The molecule has 0 saturated carbocycles. The first-order valence-corrected chi connectivity index (χ1v) is 13.4. The lowest BCUT2D eigenvalue weighted by molar-refractivity contribution is -0.135. The third kappa shape index (κ3) is 5.52. The molecule has 0 atom stereocenters. The molecular weight excluding hydrogens is 500 g/mol. The number of carboxylic acid groups (broad SMARTS) is 1. The summed E-state index contributed by atoms with van der Waals surface area (Å²) in [5, 5.41) is 16.4. The second kappa shape index (κ2) is 11.4. The van der Waals surface area contributed by atoms with Crippen LogP contribution in [-0.2, 0) is 11.3 Å². The van der Waals surface area contributed by atoms with Crippen LogP contribution in [0.15, 0.2) is 72.2 Å². The fourth-order valence-corrected chi connectivity index (χ4v) is 5.85. The molecule has 3 heterocycles. The number of amides is 2. The summed E-state index contributed by atoms with van der Waals surface area (Å²) in [5.41, 5.74) is 4.18. The number of nitrogens with one attached hydrogen (secondary N) is 2. The summed E-state index contributed by atoms with van der Waals surface area (Å²) in [7, 11) is 0. The molecule has 5 rings (SSSR count). The zero-order valence-electron chi connectivity index (χ0n) is 20.7. The minimum atomic E-state index is -1.13. The lowest BCUT2D eigenvalue weighted by Crippen LogP contribution is -2.38. The molecule has 1 aliphatic heterocycles. The van der Waals surface area contributed by atoms with Crippen molar-refractivity contribution in [2.45, 2.75) is 25.3 Å². The lowest BCUT2D eigenvalue weighted by atomic mass is 9.89. The fourth-order valence-electron chi connectivity index (χ4n) is 4.82. The number of rotatable bonds is 8. The van der Waals surface area contributed by atoms with Crippen LogP contribution in [0.4, 0.5) is 5.69 Å². The molecule has 2 amide bonds. The van der Waals surface area contributed by atoms with Crippen LogP contribution in [0.5, 0.6) is 0 Å². The summed E-state index contributed by atoms with van der Waals surface area (Å²) in [4.78, 5) is 43.6. The highest BCUT2D eigenvalue weighted by Gasteiger charge is 2.28. The molecule has 0 unspecified atom stereocenters. The van der Waals surface area contributed by atoms with Crippen molar-refractivity contribution in [1.29, 1.82) is 0 Å². The highest BCUT2D eigenvalue weighted by atomic mass is 32.1. The molecule has 1 saturated heterocycles. The van der Waals surface area contributed by atoms with Gasteiger partial charge in [0.15, 0.2) is 0 Å². The SMILES string of the molecule is O=C(O)CNC(=O)c1csc2c(NCc3ccccc3)c(C(=O)N3CCC(c4ccccc4)CC3)cnc12. The Balaban J connectivity index is 1.42. The van der Waals surface area contributed by atoms with Crippen molar-refractivity contribution in [2.24, 2.45) is 0 Å². The number of anilines is 1. The molecule has 9 heteroatoms. The number of aromatic nitrogens is 1. The highest BCUT2D eigenvalue weighted by molar-refractivity contribution is 7.18.